The predicted molar refractivity (Wildman–Crippen MR) is 79.4 cm³/mol. The Kier molecular flexibility index (Phi) is 4.71. The second-order valence-corrected chi connectivity index (χ2v) is 6.24. The lowest BCUT2D eigenvalue weighted by atomic mass is 9.83. The molecule has 1 aromatic rings. The smallest absolute Gasteiger partial charge is 0.0603 e. The first-order chi connectivity index (χ1) is 9.83. The quantitative estimate of drug-likeness (QED) is 0.896. The van der Waals surface area contributed by atoms with Gasteiger partial charge in [-0.25, -0.2) is 0 Å². The lowest BCUT2D eigenvalue weighted by Gasteiger charge is -2.39. The molecule has 1 saturated heterocycles. The van der Waals surface area contributed by atoms with Gasteiger partial charge in [-0.15, -0.1) is 0 Å². The average Bonchev–Trinajstić information content (AvgIpc) is 2.45. The Labute approximate surface area is 121 Å². The summed E-state index contributed by atoms with van der Waals surface area (Å²) in [6.07, 6.45) is 5.26. The first kappa shape index (κ1) is 14.1. The molecule has 0 radical (unpaired) electrons. The lowest BCUT2D eigenvalue weighted by molar-refractivity contribution is -0.101. The molecule has 0 atom stereocenters. The number of hydrogen-bond acceptors (Lipinski definition) is 3. The molecule has 1 aliphatic heterocycles. The van der Waals surface area contributed by atoms with Crippen molar-refractivity contribution in [3.8, 4) is 0 Å². The SMILES string of the molecule is OC[C@H]1C[C@H](OC2CCN(Cc3ccccc3)CC2)C1. The Balaban J connectivity index is 1.37. The van der Waals surface area contributed by atoms with E-state index in [1.165, 1.54) is 5.56 Å². The number of rotatable bonds is 5. The van der Waals surface area contributed by atoms with E-state index >= 15 is 0 Å². The maximum atomic E-state index is 9.02. The number of likely N-dealkylation sites (tertiary alicyclic amines) is 1. The van der Waals surface area contributed by atoms with E-state index in [0.717, 1.165) is 45.3 Å². The number of aliphatic hydroxyl groups is 1. The summed E-state index contributed by atoms with van der Waals surface area (Å²) < 4.78 is 6.12. The molecule has 2 fully saturated rings. The second kappa shape index (κ2) is 6.70. The van der Waals surface area contributed by atoms with Crippen molar-refractivity contribution in [1.29, 1.82) is 0 Å². The van der Waals surface area contributed by atoms with E-state index in [1.807, 2.05) is 0 Å². The van der Waals surface area contributed by atoms with Crippen LogP contribution in [0.4, 0.5) is 0 Å². The van der Waals surface area contributed by atoms with Gasteiger partial charge in [-0.05, 0) is 37.2 Å². The minimum atomic E-state index is 0.329. The molecule has 1 heterocycles. The first-order valence-electron chi connectivity index (χ1n) is 7.86. The molecule has 0 spiro atoms. The zero-order chi connectivity index (χ0) is 13.8. The highest BCUT2D eigenvalue weighted by molar-refractivity contribution is 5.14. The Morgan fingerprint density at radius 3 is 2.40 bits per heavy atom. The highest BCUT2D eigenvalue weighted by Gasteiger charge is 2.32. The number of aliphatic hydroxyl groups excluding tert-OH is 1. The Hall–Kier alpha value is -0.900. The molecule has 3 rings (SSSR count). The van der Waals surface area contributed by atoms with Crippen LogP contribution >= 0.6 is 0 Å². The van der Waals surface area contributed by atoms with E-state index in [0.29, 0.717) is 24.7 Å². The fourth-order valence-corrected chi connectivity index (χ4v) is 3.25. The Morgan fingerprint density at radius 2 is 1.75 bits per heavy atom. The van der Waals surface area contributed by atoms with Gasteiger partial charge < -0.3 is 9.84 Å². The molecule has 3 nitrogen and oxygen atoms in total. The summed E-state index contributed by atoms with van der Waals surface area (Å²) in [5.74, 6) is 0.498. The summed E-state index contributed by atoms with van der Waals surface area (Å²) in [6, 6.07) is 10.7. The minimum Gasteiger partial charge on any atom is -0.396 e. The third-order valence-corrected chi connectivity index (χ3v) is 4.62. The summed E-state index contributed by atoms with van der Waals surface area (Å²) in [5.41, 5.74) is 1.40. The van der Waals surface area contributed by atoms with Crippen LogP contribution in [0.5, 0.6) is 0 Å². The van der Waals surface area contributed by atoms with Crippen LogP contribution < -0.4 is 0 Å². The summed E-state index contributed by atoms with van der Waals surface area (Å²) in [5, 5.41) is 9.02. The van der Waals surface area contributed by atoms with Gasteiger partial charge in [0.05, 0.1) is 12.2 Å². The van der Waals surface area contributed by atoms with Crippen molar-refractivity contribution >= 4 is 0 Å². The zero-order valence-electron chi connectivity index (χ0n) is 12.1. The predicted octanol–water partition coefficient (Wildman–Crippen LogP) is 2.44. The summed E-state index contributed by atoms with van der Waals surface area (Å²) in [7, 11) is 0. The van der Waals surface area contributed by atoms with E-state index in [-0.39, 0.29) is 0 Å². The molecule has 0 amide bonds. The lowest BCUT2D eigenvalue weighted by Crippen LogP contribution is -2.41. The minimum absolute atomic E-state index is 0.329. The van der Waals surface area contributed by atoms with Gasteiger partial charge >= 0.3 is 0 Å². The Bertz CT molecular complexity index is 395. The molecule has 3 heteroatoms. The molecule has 1 N–H and O–H groups in total. The topological polar surface area (TPSA) is 32.7 Å². The van der Waals surface area contributed by atoms with E-state index in [2.05, 4.69) is 35.2 Å². The normalized spacial score (nSPS) is 28.2. The van der Waals surface area contributed by atoms with Crippen molar-refractivity contribution in [3.63, 3.8) is 0 Å². The monoisotopic (exact) mass is 275 g/mol. The van der Waals surface area contributed by atoms with Crippen molar-refractivity contribution in [3.05, 3.63) is 35.9 Å². The number of nitrogens with zero attached hydrogens (tertiary/aromatic N) is 1. The van der Waals surface area contributed by atoms with Gasteiger partial charge in [0.2, 0.25) is 0 Å². The largest absolute Gasteiger partial charge is 0.396 e. The van der Waals surface area contributed by atoms with Crippen LogP contribution in [-0.4, -0.2) is 41.9 Å². The van der Waals surface area contributed by atoms with Crippen molar-refractivity contribution in [2.75, 3.05) is 19.7 Å². The molecule has 0 aromatic heterocycles. The fourth-order valence-electron chi connectivity index (χ4n) is 3.25. The van der Waals surface area contributed by atoms with Crippen LogP contribution in [0.15, 0.2) is 30.3 Å². The molecule has 1 aliphatic carbocycles. The number of ether oxygens (including phenoxy) is 1. The van der Waals surface area contributed by atoms with Crippen LogP contribution in [0, 0.1) is 5.92 Å². The molecule has 1 aromatic carbocycles. The van der Waals surface area contributed by atoms with Gasteiger partial charge in [-0.2, -0.15) is 0 Å². The van der Waals surface area contributed by atoms with Gasteiger partial charge in [-0.3, -0.25) is 4.90 Å². The summed E-state index contributed by atoms with van der Waals surface area (Å²) in [4.78, 5) is 2.52. The highest BCUT2D eigenvalue weighted by Crippen LogP contribution is 2.32. The molecule has 2 aliphatic rings. The molecule has 0 unspecified atom stereocenters. The third-order valence-electron chi connectivity index (χ3n) is 4.62. The van der Waals surface area contributed by atoms with Crippen LogP contribution in [0.1, 0.15) is 31.2 Å². The molecule has 1 saturated carbocycles. The molecule has 110 valence electrons. The summed E-state index contributed by atoms with van der Waals surface area (Å²) in [6.45, 7) is 3.66. The van der Waals surface area contributed by atoms with Crippen LogP contribution in [-0.2, 0) is 11.3 Å². The maximum Gasteiger partial charge on any atom is 0.0603 e. The third kappa shape index (κ3) is 3.60. The average molecular weight is 275 g/mol. The van der Waals surface area contributed by atoms with Gasteiger partial charge in [0.15, 0.2) is 0 Å². The second-order valence-electron chi connectivity index (χ2n) is 6.24. The number of benzene rings is 1. The standard InChI is InChI=1S/C17H25NO2/c19-13-15-10-17(11-15)20-16-6-8-18(9-7-16)12-14-4-2-1-3-5-14/h1-5,15-17,19H,6-13H2/t15-,17-. The van der Waals surface area contributed by atoms with Crippen LogP contribution in [0.2, 0.25) is 0 Å². The van der Waals surface area contributed by atoms with Crippen molar-refractivity contribution in [2.45, 2.75) is 44.4 Å². The molecular weight excluding hydrogens is 250 g/mol. The zero-order valence-corrected chi connectivity index (χ0v) is 12.1. The molecule has 20 heavy (non-hydrogen) atoms. The van der Waals surface area contributed by atoms with Crippen LogP contribution in [0.25, 0.3) is 0 Å². The molecule has 0 bridgehead atoms. The van der Waals surface area contributed by atoms with E-state index in [9.17, 15) is 0 Å². The van der Waals surface area contributed by atoms with Gasteiger partial charge in [0.25, 0.3) is 0 Å². The number of hydrogen-bond donors (Lipinski definition) is 1. The fraction of sp³-hybridized carbons (Fsp3) is 0.647. The Morgan fingerprint density at radius 1 is 1.05 bits per heavy atom. The van der Waals surface area contributed by atoms with Gasteiger partial charge in [-0.1, -0.05) is 30.3 Å². The van der Waals surface area contributed by atoms with Crippen molar-refractivity contribution in [1.82, 2.24) is 4.90 Å². The maximum absolute atomic E-state index is 9.02. The van der Waals surface area contributed by atoms with E-state index in [1.54, 1.807) is 0 Å². The van der Waals surface area contributed by atoms with Gasteiger partial charge in [0, 0.05) is 26.2 Å². The highest BCUT2D eigenvalue weighted by atomic mass is 16.5. The van der Waals surface area contributed by atoms with Crippen LogP contribution in [0.3, 0.4) is 0 Å². The van der Waals surface area contributed by atoms with E-state index in [4.69, 9.17) is 9.84 Å². The first-order valence-corrected chi connectivity index (χ1v) is 7.86. The molecular formula is C17H25NO2. The van der Waals surface area contributed by atoms with E-state index < -0.39 is 0 Å². The van der Waals surface area contributed by atoms with Crippen molar-refractivity contribution < 1.29 is 9.84 Å². The van der Waals surface area contributed by atoms with Gasteiger partial charge in [0.1, 0.15) is 0 Å². The van der Waals surface area contributed by atoms with Crippen molar-refractivity contribution in [2.24, 2.45) is 5.92 Å². The number of piperidine rings is 1. The summed E-state index contributed by atoms with van der Waals surface area (Å²) >= 11 is 0.